The lowest BCUT2D eigenvalue weighted by molar-refractivity contribution is -0.113. The summed E-state index contributed by atoms with van der Waals surface area (Å²) >= 11 is 2.58. The molecule has 40 heavy (non-hydrogen) atoms. The van der Waals surface area contributed by atoms with Gasteiger partial charge in [0, 0.05) is 11.3 Å². The molecule has 0 aliphatic heterocycles. The normalized spacial score (nSPS) is 11.1. The minimum Gasteiger partial charge on any atom is -0.345 e. The second-order valence-electron chi connectivity index (χ2n) is 8.74. The number of thiazole rings is 1. The van der Waals surface area contributed by atoms with Crippen LogP contribution in [-0.2, 0) is 11.3 Å². The largest absolute Gasteiger partial charge is 0.345 e. The third kappa shape index (κ3) is 5.42. The summed E-state index contributed by atoms with van der Waals surface area (Å²) in [7, 11) is 0. The van der Waals surface area contributed by atoms with E-state index in [1.165, 1.54) is 35.2 Å². The molecule has 2 amide bonds. The molecule has 8 nitrogen and oxygen atoms in total. The topological polar surface area (TPSA) is 102 Å². The highest BCUT2D eigenvalue weighted by molar-refractivity contribution is 7.99. The predicted molar refractivity (Wildman–Crippen MR) is 155 cm³/mol. The molecular weight excluding hydrogens is 547 g/mol. The van der Waals surface area contributed by atoms with Gasteiger partial charge in [0.1, 0.15) is 5.82 Å². The molecule has 2 N–H and O–H groups in total. The summed E-state index contributed by atoms with van der Waals surface area (Å²) in [4.78, 5) is 30.3. The van der Waals surface area contributed by atoms with Crippen LogP contribution >= 0.6 is 23.1 Å². The molecule has 6 aromatic rings. The molecule has 0 aliphatic rings. The standard InChI is InChI=1S/C29H21FN6O2S2/c30-19-12-14-20(15-13-19)36-25(16-31-27(38)22-9-5-7-18-6-1-2-8-21(18)22)34-35-29(36)39-17-26(37)33-28-32-23-10-3-4-11-24(23)40-28/h1-15H,16-17H2,(H,31,38)(H,32,33,37). The molecule has 6 rings (SSSR count). The molecule has 11 heteroatoms. The number of para-hydroxylation sites is 1. The predicted octanol–water partition coefficient (Wildman–Crippen LogP) is 5.83. The van der Waals surface area contributed by atoms with Gasteiger partial charge in [0.15, 0.2) is 16.1 Å². The van der Waals surface area contributed by atoms with Crippen LogP contribution in [0.15, 0.2) is 96.2 Å². The average Bonchev–Trinajstić information content (AvgIpc) is 3.58. The van der Waals surface area contributed by atoms with Crippen LogP contribution in [0.4, 0.5) is 9.52 Å². The van der Waals surface area contributed by atoms with Crippen molar-refractivity contribution in [1.82, 2.24) is 25.1 Å². The summed E-state index contributed by atoms with van der Waals surface area (Å²) < 4.78 is 16.4. The molecule has 0 unspecified atom stereocenters. The van der Waals surface area contributed by atoms with E-state index in [4.69, 9.17) is 0 Å². The number of hydrogen-bond acceptors (Lipinski definition) is 7. The zero-order valence-electron chi connectivity index (χ0n) is 20.9. The van der Waals surface area contributed by atoms with Crippen LogP contribution in [0.5, 0.6) is 0 Å². The van der Waals surface area contributed by atoms with Gasteiger partial charge in [-0.1, -0.05) is 71.6 Å². The van der Waals surface area contributed by atoms with Crippen molar-refractivity contribution in [3.05, 3.63) is 108 Å². The highest BCUT2D eigenvalue weighted by atomic mass is 32.2. The number of benzene rings is 4. The summed E-state index contributed by atoms with van der Waals surface area (Å²) in [6.45, 7) is 0.0743. The molecule has 0 fully saturated rings. The Kier molecular flexibility index (Phi) is 7.21. The van der Waals surface area contributed by atoms with E-state index in [2.05, 4.69) is 25.8 Å². The monoisotopic (exact) mass is 568 g/mol. The van der Waals surface area contributed by atoms with Crippen molar-refractivity contribution in [2.45, 2.75) is 11.7 Å². The van der Waals surface area contributed by atoms with Gasteiger partial charge in [0.2, 0.25) is 5.91 Å². The van der Waals surface area contributed by atoms with Gasteiger partial charge in [-0.3, -0.25) is 14.2 Å². The highest BCUT2D eigenvalue weighted by Gasteiger charge is 2.18. The number of hydrogen-bond donors (Lipinski definition) is 2. The first kappa shape index (κ1) is 25.7. The maximum atomic E-state index is 13.7. The number of aromatic nitrogens is 4. The lowest BCUT2D eigenvalue weighted by Gasteiger charge is -2.12. The Morgan fingerprint density at radius 2 is 1.68 bits per heavy atom. The summed E-state index contributed by atoms with van der Waals surface area (Å²) in [5, 5.41) is 17.1. The Hall–Kier alpha value is -4.61. The zero-order valence-corrected chi connectivity index (χ0v) is 22.5. The Morgan fingerprint density at radius 1 is 0.900 bits per heavy atom. The Bertz CT molecular complexity index is 1810. The number of thioether (sulfide) groups is 1. The Balaban J connectivity index is 1.20. The Morgan fingerprint density at radius 3 is 2.52 bits per heavy atom. The number of carbonyl (C=O) groups excluding carboxylic acids is 2. The first-order valence-corrected chi connectivity index (χ1v) is 14.1. The van der Waals surface area contributed by atoms with Crippen LogP contribution in [0.3, 0.4) is 0 Å². The van der Waals surface area contributed by atoms with Gasteiger partial charge in [-0.05, 0) is 53.2 Å². The third-order valence-electron chi connectivity index (χ3n) is 6.10. The number of nitrogens with zero attached hydrogens (tertiary/aromatic N) is 4. The number of fused-ring (bicyclic) bond motifs is 2. The van der Waals surface area contributed by atoms with E-state index in [9.17, 15) is 14.0 Å². The Labute approximate surface area is 236 Å². The molecule has 4 aromatic carbocycles. The van der Waals surface area contributed by atoms with Gasteiger partial charge in [0.25, 0.3) is 5.91 Å². The number of rotatable bonds is 8. The lowest BCUT2D eigenvalue weighted by atomic mass is 10.0. The number of nitrogens with one attached hydrogen (secondary N) is 2. The summed E-state index contributed by atoms with van der Waals surface area (Å²) in [5.74, 6) is -0.392. The average molecular weight is 569 g/mol. The maximum absolute atomic E-state index is 13.7. The first-order chi connectivity index (χ1) is 19.5. The van der Waals surface area contributed by atoms with Crippen LogP contribution in [0, 0.1) is 5.82 Å². The summed E-state index contributed by atoms with van der Waals surface area (Å²) in [6, 6.07) is 26.8. The molecule has 2 aromatic heterocycles. The van der Waals surface area contributed by atoms with E-state index < -0.39 is 0 Å². The number of amides is 2. The first-order valence-electron chi connectivity index (χ1n) is 12.3. The molecule has 0 bridgehead atoms. The van der Waals surface area contributed by atoms with Crippen molar-refractivity contribution in [2.75, 3.05) is 11.1 Å². The molecule has 0 radical (unpaired) electrons. The fraction of sp³-hybridized carbons (Fsp3) is 0.0690. The SMILES string of the molecule is O=C(CSc1nnc(CNC(=O)c2cccc3ccccc23)n1-c1ccc(F)cc1)Nc1nc2ccccc2s1. The molecule has 198 valence electrons. The third-order valence-corrected chi connectivity index (χ3v) is 7.98. The highest BCUT2D eigenvalue weighted by Crippen LogP contribution is 2.27. The second kappa shape index (κ2) is 11.2. The van der Waals surface area contributed by atoms with Crippen LogP contribution < -0.4 is 10.6 Å². The van der Waals surface area contributed by atoms with Gasteiger partial charge >= 0.3 is 0 Å². The van der Waals surface area contributed by atoms with Gasteiger partial charge < -0.3 is 10.6 Å². The lowest BCUT2D eigenvalue weighted by Crippen LogP contribution is -2.25. The molecule has 0 aliphatic carbocycles. The number of carbonyl (C=O) groups is 2. The van der Waals surface area contributed by atoms with Crippen molar-refractivity contribution in [3.8, 4) is 5.69 Å². The van der Waals surface area contributed by atoms with E-state index in [0.717, 1.165) is 21.0 Å². The maximum Gasteiger partial charge on any atom is 0.252 e. The molecule has 0 spiro atoms. The van der Waals surface area contributed by atoms with Crippen molar-refractivity contribution >= 4 is 61.0 Å². The molecule has 0 atom stereocenters. The molecular formula is C29H21FN6O2S2. The van der Waals surface area contributed by atoms with Crippen LogP contribution in [0.1, 0.15) is 16.2 Å². The zero-order chi connectivity index (χ0) is 27.5. The minimum absolute atomic E-state index is 0.0532. The molecule has 0 saturated carbocycles. The van der Waals surface area contributed by atoms with Gasteiger partial charge in [0.05, 0.1) is 22.5 Å². The van der Waals surface area contributed by atoms with Crippen molar-refractivity contribution in [1.29, 1.82) is 0 Å². The second-order valence-corrected chi connectivity index (χ2v) is 10.7. The van der Waals surface area contributed by atoms with Crippen molar-refractivity contribution in [3.63, 3.8) is 0 Å². The molecule has 0 saturated heterocycles. The fourth-order valence-corrected chi connectivity index (χ4v) is 5.90. The summed E-state index contributed by atoms with van der Waals surface area (Å²) in [5.41, 5.74) is 1.98. The van der Waals surface area contributed by atoms with Gasteiger partial charge in [-0.25, -0.2) is 9.37 Å². The van der Waals surface area contributed by atoms with Crippen LogP contribution in [0.2, 0.25) is 0 Å². The fourth-order valence-electron chi connectivity index (χ4n) is 4.25. The van der Waals surface area contributed by atoms with Crippen LogP contribution in [0.25, 0.3) is 26.7 Å². The quantitative estimate of drug-likeness (QED) is 0.224. The van der Waals surface area contributed by atoms with Crippen molar-refractivity contribution < 1.29 is 14.0 Å². The minimum atomic E-state index is -0.382. The van der Waals surface area contributed by atoms with Gasteiger partial charge in [-0.2, -0.15) is 0 Å². The van der Waals surface area contributed by atoms with E-state index >= 15 is 0 Å². The van der Waals surface area contributed by atoms with E-state index in [1.54, 1.807) is 22.8 Å². The van der Waals surface area contributed by atoms with E-state index in [1.807, 2.05) is 60.7 Å². The van der Waals surface area contributed by atoms with Crippen LogP contribution in [-0.4, -0.2) is 37.3 Å². The summed E-state index contributed by atoms with van der Waals surface area (Å²) in [6.07, 6.45) is 0. The van der Waals surface area contributed by atoms with E-state index in [-0.39, 0.29) is 29.9 Å². The smallest absolute Gasteiger partial charge is 0.252 e. The number of halogens is 1. The number of anilines is 1. The van der Waals surface area contributed by atoms with Gasteiger partial charge in [-0.15, -0.1) is 10.2 Å². The molecule has 2 heterocycles. The van der Waals surface area contributed by atoms with E-state index in [0.29, 0.717) is 27.4 Å². The van der Waals surface area contributed by atoms with Crippen molar-refractivity contribution in [2.24, 2.45) is 0 Å².